The van der Waals surface area contributed by atoms with Gasteiger partial charge < -0.3 is 20.0 Å². The average molecular weight is 319 g/mol. The molecule has 4 rings (SSSR count). The van der Waals surface area contributed by atoms with Crippen LogP contribution in [0.2, 0.25) is 0 Å². The van der Waals surface area contributed by atoms with Crippen molar-refractivity contribution in [3.8, 4) is 11.3 Å². The van der Waals surface area contributed by atoms with Crippen molar-refractivity contribution in [2.45, 2.75) is 0 Å². The number of nitrogens with one attached hydrogen (secondary N) is 2. The number of benzene rings is 1. The minimum absolute atomic E-state index is 0.0533. The van der Waals surface area contributed by atoms with Crippen molar-refractivity contribution in [3.63, 3.8) is 0 Å². The Morgan fingerprint density at radius 1 is 1.33 bits per heavy atom. The standard InChI is InChI=1S/C18H17N5O/c1-10(24)11-5-4-6-12(7-11)14-8-13-16-15(20-9-23(16)3)18(19-2)22-17(13)21-14/h4-9,24H,1H2,2-3H3,(H2,19,21,22). The number of H-pyrrole nitrogens is 1. The van der Waals surface area contributed by atoms with E-state index in [-0.39, 0.29) is 5.76 Å². The van der Waals surface area contributed by atoms with Crippen LogP contribution in [0.3, 0.4) is 0 Å². The van der Waals surface area contributed by atoms with Gasteiger partial charge in [-0.3, -0.25) is 0 Å². The number of aliphatic hydroxyl groups excluding tert-OH is 1. The lowest BCUT2D eigenvalue weighted by atomic mass is 10.1. The molecule has 3 aromatic heterocycles. The molecule has 3 heterocycles. The van der Waals surface area contributed by atoms with Crippen molar-refractivity contribution in [1.29, 1.82) is 0 Å². The van der Waals surface area contributed by atoms with E-state index in [1.807, 2.05) is 42.9 Å². The number of aromatic nitrogens is 4. The van der Waals surface area contributed by atoms with Gasteiger partial charge in [0.05, 0.1) is 11.8 Å². The monoisotopic (exact) mass is 319 g/mol. The highest BCUT2D eigenvalue weighted by Crippen LogP contribution is 2.32. The molecule has 0 amide bonds. The van der Waals surface area contributed by atoms with E-state index in [0.29, 0.717) is 5.56 Å². The van der Waals surface area contributed by atoms with Crippen molar-refractivity contribution < 1.29 is 5.11 Å². The third-order valence-electron chi connectivity index (χ3n) is 4.18. The number of fused-ring (bicyclic) bond motifs is 3. The van der Waals surface area contributed by atoms with E-state index in [9.17, 15) is 5.11 Å². The number of nitrogens with zero attached hydrogens (tertiary/aromatic N) is 3. The summed E-state index contributed by atoms with van der Waals surface area (Å²) in [5.41, 5.74) is 5.24. The molecule has 0 atom stereocenters. The van der Waals surface area contributed by atoms with Gasteiger partial charge in [-0.2, -0.15) is 0 Å². The third kappa shape index (κ3) is 2.04. The average Bonchev–Trinajstić information content (AvgIpc) is 3.17. The Balaban J connectivity index is 1.99. The van der Waals surface area contributed by atoms with Gasteiger partial charge in [-0.15, -0.1) is 0 Å². The Labute approximate surface area is 138 Å². The lowest BCUT2D eigenvalue weighted by Gasteiger charge is -2.02. The van der Waals surface area contributed by atoms with Crippen LogP contribution < -0.4 is 5.32 Å². The largest absolute Gasteiger partial charge is 0.508 e. The van der Waals surface area contributed by atoms with Crippen LogP contribution in [-0.2, 0) is 7.05 Å². The molecular formula is C18H17N5O. The molecule has 0 unspecified atom stereocenters. The number of aliphatic hydroxyl groups is 1. The summed E-state index contributed by atoms with van der Waals surface area (Å²) < 4.78 is 1.99. The van der Waals surface area contributed by atoms with Gasteiger partial charge in [-0.1, -0.05) is 24.8 Å². The zero-order valence-corrected chi connectivity index (χ0v) is 13.5. The second-order valence-corrected chi connectivity index (χ2v) is 5.74. The highest BCUT2D eigenvalue weighted by Gasteiger charge is 2.15. The molecule has 120 valence electrons. The highest BCUT2D eigenvalue weighted by molar-refractivity contribution is 6.07. The van der Waals surface area contributed by atoms with E-state index in [4.69, 9.17) is 0 Å². The Hall–Kier alpha value is -3.28. The normalized spacial score (nSPS) is 11.2. The van der Waals surface area contributed by atoms with Crippen LogP contribution in [0.5, 0.6) is 0 Å². The first-order valence-corrected chi connectivity index (χ1v) is 7.58. The van der Waals surface area contributed by atoms with E-state index in [0.717, 1.165) is 39.1 Å². The molecule has 24 heavy (non-hydrogen) atoms. The number of hydrogen-bond acceptors (Lipinski definition) is 4. The number of anilines is 1. The SMILES string of the molecule is C=C(O)c1cccc(-c2cc3c(nc(NC)c4ncn(C)c43)[nH]2)c1. The van der Waals surface area contributed by atoms with Gasteiger partial charge in [0.25, 0.3) is 0 Å². The lowest BCUT2D eigenvalue weighted by Crippen LogP contribution is -1.95. The quantitative estimate of drug-likeness (QED) is 0.503. The predicted molar refractivity (Wildman–Crippen MR) is 97.0 cm³/mol. The Kier molecular flexibility index (Phi) is 3.06. The summed E-state index contributed by atoms with van der Waals surface area (Å²) in [6.45, 7) is 3.58. The molecule has 3 N–H and O–H groups in total. The van der Waals surface area contributed by atoms with E-state index >= 15 is 0 Å². The van der Waals surface area contributed by atoms with Crippen LogP contribution in [0.1, 0.15) is 5.56 Å². The molecule has 0 saturated carbocycles. The third-order valence-corrected chi connectivity index (χ3v) is 4.18. The van der Waals surface area contributed by atoms with Crippen LogP contribution in [0, 0.1) is 0 Å². The maximum absolute atomic E-state index is 9.62. The van der Waals surface area contributed by atoms with Crippen molar-refractivity contribution in [3.05, 3.63) is 48.8 Å². The first-order valence-electron chi connectivity index (χ1n) is 7.58. The summed E-state index contributed by atoms with van der Waals surface area (Å²) in [5.74, 6) is 0.793. The van der Waals surface area contributed by atoms with Crippen molar-refractivity contribution in [1.82, 2.24) is 19.5 Å². The molecular weight excluding hydrogens is 302 g/mol. The fraction of sp³-hybridized carbons (Fsp3) is 0.111. The molecule has 0 bridgehead atoms. The van der Waals surface area contributed by atoms with Crippen LogP contribution in [0.15, 0.2) is 43.2 Å². The maximum Gasteiger partial charge on any atom is 0.156 e. The van der Waals surface area contributed by atoms with Crippen molar-refractivity contribution in [2.24, 2.45) is 7.05 Å². The first-order chi connectivity index (χ1) is 11.6. The summed E-state index contributed by atoms with van der Waals surface area (Å²) in [7, 11) is 3.81. The summed E-state index contributed by atoms with van der Waals surface area (Å²) in [5, 5.41) is 13.7. The zero-order valence-electron chi connectivity index (χ0n) is 13.5. The van der Waals surface area contributed by atoms with Gasteiger partial charge in [-0.25, -0.2) is 9.97 Å². The number of aryl methyl sites for hydroxylation is 1. The summed E-state index contributed by atoms with van der Waals surface area (Å²) in [6, 6.07) is 9.66. The van der Waals surface area contributed by atoms with Crippen LogP contribution in [-0.4, -0.2) is 31.7 Å². The smallest absolute Gasteiger partial charge is 0.156 e. The van der Waals surface area contributed by atoms with Crippen LogP contribution in [0.4, 0.5) is 5.82 Å². The molecule has 4 aromatic rings. The second kappa shape index (κ2) is 5.13. The minimum atomic E-state index is 0.0533. The highest BCUT2D eigenvalue weighted by atomic mass is 16.3. The van der Waals surface area contributed by atoms with Crippen molar-refractivity contribution >= 4 is 33.6 Å². The minimum Gasteiger partial charge on any atom is -0.508 e. The summed E-state index contributed by atoms with van der Waals surface area (Å²) >= 11 is 0. The number of rotatable bonds is 3. The number of pyridine rings is 1. The summed E-state index contributed by atoms with van der Waals surface area (Å²) in [4.78, 5) is 12.4. The number of imidazole rings is 1. The zero-order chi connectivity index (χ0) is 16.8. The van der Waals surface area contributed by atoms with Crippen LogP contribution in [0.25, 0.3) is 39.1 Å². The summed E-state index contributed by atoms with van der Waals surface area (Å²) in [6.07, 6.45) is 1.79. The molecule has 0 saturated heterocycles. The van der Waals surface area contributed by atoms with Gasteiger partial charge in [0.2, 0.25) is 0 Å². The predicted octanol–water partition coefficient (Wildman–Crippen LogP) is 3.69. The molecule has 0 aliphatic carbocycles. The Bertz CT molecular complexity index is 1090. The fourth-order valence-corrected chi connectivity index (χ4v) is 2.99. The van der Waals surface area contributed by atoms with Crippen molar-refractivity contribution in [2.75, 3.05) is 12.4 Å². The molecule has 0 fully saturated rings. The molecule has 6 heteroatoms. The van der Waals surface area contributed by atoms with Gasteiger partial charge >= 0.3 is 0 Å². The molecule has 6 nitrogen and oxygen atoms in total. The van der Waals surface area contributed by atoms with Crippen LogP contribution >= 0.6 is 0 Å². The topological polar surface area (TPSA) is 78.8 Å². The van der Waals surface area contributed by atoms with Gasteiger partial charge in [0, 0.05) is 30.7 Å². The Morgan fingerprint density at radius 3 is 2.92 bits per heavy atom. The van der Waals surface area contributed by atoms with E-state index < -0.39 is 0 Å². The van der Waals surface area contributed by atoms with E-state index in [1.54, 1.807) is 6.33 Å². The number of hydrogen-bond donors (Lipinski definition) is 3. The maximum atomic E-state index is 9.62. The molecule has 0 aliphatic rings. The molecule has 0 aliphatic heterocycles. The molecule has 0 radical (unpaired) electrons. The molecule has 0 spiro atoms. The van der Waals surface area contributed by atoms with Gasteiger partial charge in [0.15, 0.2) is 5.82 Å². The first kappa shape index (κ1) is 14.3. The fourth-order valence-electron chi connectivity index (χ4n) is 2.99. The van der Waals surface area contributed by atoms with E-state index in [1.165, 1.54) is 0 Å². The number of aromatic amines is 1. The van der Waals surface area contributed by atoms with Gasteiger partial charge in [-0.05, 0) is 17.7 Å². The van der Waals surface area contributed by atoms with Gasteiger partial charge in [0.1, 0.15) is 16.9 Å². The Morgan fingerprint density at radius 2 is 2.17 bits per heavy atom. The molecule has 1 aromatic carbocycles. The van der Waals surface area contributed by atoms with E-state index in [2.05, 4.69) is 32.9 Å². The second-order valence-electron chi connectivity index (χ2n) is 5.74. The lowest BCUT2D eigenvalue weighted by molar-refractivity contribution is 0.514.